The minimum Gasteiger partial charge on any atom is -0.465 e. The quantitative estimate of drug-likeness (QED) is 0.175. The van der Waals surface area contributed by atoms with E-state index in [1.54, 1.807) is 7.11 Å². The molecule has 2 fully saturated rings. The highest BCUT2D eigenvalue weighted by molar-refractivity contribution is 5.99. The van der Waals surface area contributed by atoms with Crippen molar-refractivity contribution in [2.45, 2.75) is 82.8 Å². The minimum atomic E-state index is -0.480. The molecular weight excluding hydrogens is 546 g/mol. The van der Waals surface area contributed by atoms with Gasteiger partial charge in [0.25, 0.3) is 11.8 Å². The van der Waals surface area contributed by atoms with Crippen molar-refractivity contribution in [1.29, 1.82) is 0 Å². The highest BCUT2D eigenvalue weighted by Gasteiger charge is 2.35. The van der Waals surface area contributed by atoms with E-state index in [0.29, 0.717) is 34.8 Å². The highest BCUT2D eigenvalue weighted by Crippen LogP contribution is 2.37. The van der Waals surface area contributed by atoms with E-state index in [1.165, 1.54) is 76.3 Å². The number of carbonyl (C=O) groups excluding carboxylic acids is 3. The van der Waals surface area contributed by atoms with Gasteiger partial charge in [-0.25, -0.2) is 4.79 Å². The van der Waals surface area contributed by atoms with E-state index < -0.39 is 17.8 Å². The Labute approximate surface area is 255 Å². The molecule has 43 heavy (non-hydrogen) atoms. The zero-order valence-electron chi connectivity index (χ0n) is 25.6. The summed E-state index contributed by atoms with van der Waals surface area (Å²) in [5, 5.41) is 0. The number of piperidine rings is 1. The lowest BCUT2D eigenvalue weighted by Crippen LogP contribution is -2.49. The number of methoxy groups -OCH3 is 2. The molecule has 1 saturated heterocycles. The molecule has 9 heteroatoms. The van der Waals surface area contributed by atoms with Crippen molar-refractivity contribution in [2.75, 3.05) is 38.9 Å². The van der Waals surface area contributed by atoms with Gasteiger partial charge in [-0.05, 0) is 93.0 Å². The summed E-state index contributed by atoms with van der Waals surface area (Å²) in [7, 11) is 3.05. The van der Waals surface area contributed by atoms with Crippen molar-refractivity contribution in [1.82, 2.24) is 10.9 Å². The lowest BCUT2D eigenvalue weighted by molar-refractivity contribution is 0.0177. The maximum atomic E-state index is 12.8. The fourth-order valence-corrected chi connectivity index (χ4v) is 6.29. The summed E-state index contributed by atoms with van der Waals surface area (Å²) in [5.74, 6) is -0.697. The fourth-order valence-electron chi connectivity index (χ4n) is 6.29. The van der Waals surface area contributed by atoms with Gasteiger partial charge in [0.05, 0.1) is 18.8 Å². The first-order chi connectivity index (χ1) is 21.0. The van der Waals surface area contributed by atoms with Crippen molar-refractivity contribution in [3.8, 4) is 0 Å². The molecule has 0 radical (unpaired) electrons. The summed E-state index contributed by atoms with van der Waals surface area (Å²) in [6, 6.07) is 14.1. The molecule has 0 spiro atoms. The molecule has 4 rings (SSSR count). The molecule has 2 atom stereocenters. The monoisotopic (exact) mass is 593 g/mol. The third-order valence-corrected chi connectivity index (χ3v) is 8.71. The minimum absolute atomic E-state index is 0.299. The van der Waals surface area contributed by atoms with Gasteiger partial charge in [0.2, 0.25) is 0 Å². The zero-order chi connectivity index (χ0) is 30.4. The highest BCUT2D eigenvalue weighted by atomic mass is 16.5. The van der Waals surface area contributed by atoms with Crippen molar-refractivity contribution < 1.29 is 28.6 Å². The number of unbranched alkanes of at least 4 members (excludes halogenated alkanes) is 3. The number of hydrogen-bond acceptors (Lipinski definition) is 7. The van der Waals surface area contributed by atoms with Crippen LogP contribution < -0.4 is 15.8 Å². The van der Waals surface area contributed by atoms with Crippen LogP contribution in [0, 0.1) is 5.92 Å². The van der Waals surface area contributed by atoms with Crippen LogP contribution in [-0.4, -0.2) is 63.9 Å². The average molecular weight is 594 g/mol. The summed E-state index contributed by atoms with van der Waals surface area (Å²) in [4.78, 5) is 39.4. The van der Waals surface area contributed by atoms with Gasteiger partial charge >= 0.3 is 5.97 Å². The van der Waals surface area contributed by atoms with E-state index in [2.05, 4.69) is 20.5 Å². The Morgan fingerprint density at radius 3 is 1.93 bits per heavy atom. The number of benzene rings is 2. The van der Waals surface area contributed by atoms with E-state index in [0.717, 1.165) is 51.1 Å². The molecule has 2 unspecified atom stereocenters. The third kappa shape index (κ3) is 9.53. The van der Waals surface area contributed by atoms with Crippen LogP contribution in [0.15, 0.2) is 48.5 Å². The van der Waals surface area contributed by atoms with Gasteiger partial charge in [0, 0.05) is 49.7 Å². The van der Waals surface area contributed by atoms with E-state index in [1.807, 2.05) is 24.3 Å². The molecule has 2 aliphatic rings. The number of carbonyl (C=O) groups is 3. The molecule has 2 aromatic carbocycles. The molecule has 1 saturated carbocycles. The van der Waals surface area contributed by atoms with Crippen LogP contribution in [0.4, 0.5) is 5.69 Å². The lowest BCUT2D eigenvalue weighted by Gasteiger charge is -2.45. The van der Waals surface area contributed by atoms with Crippen molar-refractivity contribution in [3.63, 3.8) is 0 Å². The summed E-state index contributed by atoms with van der Waals surface area (Å²) in [6.45, 7) is 2.60. The number of amides is 2. The van der Waals surface area contributed by atoms with Gasteiger partial charge in [-0.3, -0.25) is 20.4 Å². The largest absolute Gasteiger partial charge is 0.465 e. The SMILES string of the molecule is COCCCCCCOC1CCN(c2ccc(C(=O)NNC(=O)c3ccc(C(=O)OC)cc3)cc2)C(C2CCCCC2)C1. The molecular formula is C34H47N3O6. The van der Waals surface area contributed by atoms with Crippen molar-refractivity contribution in [3.05, 3.63) is 65.2 Å². The van der Waals surface area contributed by atoms with Gasteiger partial charge in [0.15, 0.2) is 0 Å². The molecule has 1 aliphatic carbocycles. The molecule has 234 valence electrons. The van der Waals surface area contributed by atoms with Crippen molar-refractivity contribution in [2.24, 2.45) is 5.92 Å². The molecule has 0 aromatic heterocycles. The van der Waals surface area contributed by atoms with Gasteiger partial charge in [-0.1, -0.05) is 32.1 Å². The number of nitrogens with one attached hydrogen (secondary N) is 2. The Hall–Kier alpha value is -3.43. The Morgan fingerprint density at radius 1 is 0.744 bits per heavy atom. The van der Waals surface area contributed by atoms with Gasteiger partial charge in [-0.15, -0.1) is 0 Å². The second kappa shape index (κ2) is 17.0. The molecule has 2 N–H and O–H groups in total. The molecule has 1 aliphatic heterocycles. The predicted molar refractivity (Wildman–Crippen MR) is 166 cm³/mol. The maximum absolute atomic E-state index is 12.8. The second-order valence-corrected chi connectivity index (χ2v) is 11.6. The Bertz CT molecular complexity index is 1160. The number of hydrazine groups is 1. The van der Waals surface area contributed by atoms with Crippen LogP contribution in [0.5, 0.6) is 0 Å². The normalized spacial score (nSPS) is 19.1. The maximum Gasteiger partial charge on any atom is 0.337 e. The van der Waals surface area contributed by atoms with Gasteiger partial charge in [0.1, 0.15) is 0 Å². The van der Waals surface area contributed by atoms with E-state index in [4.69, 9.17) is 9.47 Å². The van der Waals surface area contributed by atoms with Crippen LogP contribution in [0.1, 0.15) is 102 Å². The van der Waals surface area contributed by atoms with Crippen molar-refractivity contribution >= 4 is 23.5 Å². The van der Waals surface area contributed by atoms with Gasteiger partial charge < -0.3 is 19.1 Å². The number of anilines is 1. The zero-order valence-corrected chi connectivity index (χ0v) is 25.6. The van der Waals surface area contributed by atoms with Crippen LogP contribution in [-0.2, 0) is 14.2 Å². The predicted octanol–water partition coefficient (Wildman–Crippen LogP) is 5.69. The topological polar surface area (TPSA) is 106 Å². The van der Waals surface area contributed by atoms with Crippen LogP contribution in [0.2, 0.25) is 0 Å². The third-order valence-electron chi connectivity index (χ3n) is 8.71. The van der Waals surface area contributed by atoms with Crippen LogP contribution in [0.25, 0.3) is 0 Å². The van der Waals surface area contributed by atoms with Crippen LogP contribution in [0.3, 0.4) is 0 Å². The fraction of sp³-hybridized carbons (Fsp3) is 0.559. The van der Waals surface area contributed by atoms with E-state index in [9.17, 15) is 14.4 Å². The Balaban J connectivity index is 1.30. The summed E-state index contributed by atoms with van der Waals surface area (Å²) in [6.07, 6.45) is 13.4. The van der Waals surface area contributed by atoms with Crippen LogP contribution >= 0.6 is 0 Å². The van der Waals surface area contributed by atoms with Gasteiger partial charge in [-0.2, -0.15) is 0 Å². The van der Waals surface area contributed by atoms with E-state index in [-0.39, 0.29) is 0 Å². The number of hydrogen-bond donors (Lipinski definition) is 2. The Kier molecular flexibility index (Phi) is 12.9. The molecule has 0 bridgehead atoms. The average Bonchev–Trinajstić information content (AvgIpc) is 3.06. The second-order valence-electron chi connectivity index (χ2n) is 11.6. The summed E-state index contributed by atoms with van der Waals surface area (Å²) in [5.41, 5.74) is 7.16. The summed E-state index contributed by atoms with van der Waals surface area (Å²) < 4.78 is 16.2. The lowest BCUT2D eigenvalue weighted by atomic mass is 9.79. The first-order valence-electron chi connectivity index (χ1n) is 15.8. The number of ether oxygens (including phenoxy) is 3. The number of nitrogens with zero attached hydrogens (tertiary/aromatic N) is 1. The first-order valence-corrected chi connectivity index (χ1v) is 15.8. The number of esters is 1. The standard InChI is InChI=1S/C34H47N3O6/c1-41-22-8-3-4-9-23-43-30-20-21-37(31(24-30)25-10-6-5-7-11-25)29-18-16-27(17-19-29)33(39)36-35-32(38)26-12-14-28(15-13-26)34(40)42-2/h12-19,25,30-31H,3-11,20-24H2,1-2H3,(H,35,38)(H,36,39). The van der Waals surface area contributed by atoms with E-state index >= 15 is 0 Å². The molecule has 2 amide bonds. The first kappa shape index (κ1) is 32.5. The smallest absolute Gasteiger partial charge is 0.337 e. The molecule has 9 nitrogen and oxygen atoms in total. The summed E-state index contributed by atoms with van der Waals surface area (Å²) >= 11 is 0. The molecule has 2 aromatic rings. The molecule has 1 heterocycles. The number of rotatable bonds is 13. The Morgan fingerprint density at radius 2 is 1.33 bits per heavy atom.